The summed E-state index contributed by atoms with van der Waals surface area (Å²) in [7, 11) is 1.71. The Morgan fingerprint density at radius 1 is 1.15 bits per heavy atom. The summed E-state index contributed by atoms with van der Waals surface area (Å²) in [5.74, 6) is 1.39. The summed E-state index contributed by atoms with van der Waals surface area (Å²) in [6, 6.07) is 11.5. The van der Waals surface area contributed by atoms with Gasteiger partial charge >= 0.3 is 0 Å². The second-order valence-corrected chi connectivity index (χ2v) is 4.78. The lowest BCUT2D eigenvalue weighted by atomic mass is 10.2. The van der Waals surface area contributed by atoms with E-state index in [1.54, 1.807) is 13.2 Å². The Balaban J connectivity index is 2.02. The van der Waals surface area contributed by atoms with Crippen LogP contribution >= 0.6 is 11.6 Å². The molecule has 0 aliphatic rings. The lowest BCUT2D eigenvalue weighted by Gasteiger charge is -2.08. The van der Waals surface area contributed by atoms with Gasteiger partial charge in [-0.05, 0) is 12.8 Å². The fourth-order valence-corrected chi connectivity index (χ4v) is 2.00. The monoisotopic (exact) mass is 291 g/mol. The average Bonchev–Trinajstić information content (AvgIpc) is 2.47. The van der Waals surface area contributed by atoms with E-state index in [9.17, 15) is 0 Å². The van der Waals surface area contributed by atoms with Crippen molar-refractivity contribution in [3.05, 3.63) is 41.6 Å². The number of ether oxygens (including phenoxy) is 1. The molecule has 0 bridgehead atoms. The first kappa shape index (κ1) is 14.8. The third-order valence-corrected chi connectivity index (χ3v) is 3.00. The molecule has 5 heteroatoms. The molecule has 4 nitrogen and oxygen atoms in total. The van der Waals surface area contributed by atoms with Gasteiger partial charge in [0.25, 0.3) is 0 Å². The zero-order valence-corrected chi connectivity index (χ0v) is 12.2. The SMILES string of the molecule is COCCCCNc1cc(Cl)nc(-c2ccccc2)n1. The lowest BCUT2D eigenvalue weighted by Crippen LogP contribution is -2.05. The molecule has 0 saturated carbocycles. The Hall–Kier alpha value is -1.65. The summed E-state index contributed by atoms with van der Waals surface area (Å²) < 4.78 is 5.02. The molecule has 1 aromatic carbocycles. The molecule has 2 aromatic rings. The number of nitrogens with zero attached hydrogens (tertiary/aromatic N) is 2. The first-order valence-electron chi connectivity index (χ1n) is 6.62. The molecule has 0 saturated heterocycles. The minimum atomic E-state index is 0.443. The zero-order chi connectivity index (χ0) is 14.2. The van der Waals surface area contributed by atoms with Crippen LogP contribution in [0.3, 0.4) is 0 Å². The number of rotatable bonds is 7. The largest absolute Gasteiger partial charge is 0.385 e. The van der Waals surface area contributed by atoms with E-state index in [2.05, 4.69) is 15.3 Å². The van der Waals surface area contributed by atoms with Crippen LogP contribution in [0.25, 0.3) is 11.4 Å². The van der Waals surface area contributed by atoms with Gasteiger partial charge in [0.05, 0.1) is 0 Å². The standard InChI is InChI=1S/C15H18ClN3O/c1-20-10-6-5-9-17-14-11-13(16)18-15(19-14)12-7-3-2-4-8-12/h2-4,7-8,11H,5-6,9-10H2,1H3,(H,17,18,19). The fourth-order valence-electron chi connectivity index (χ4n) is 1.81. The molecule has 0 radical (unpaired) electrons. The first-order valence-corrected chi connectivity index (χ1v) is 7.00. The molecule has 1 aromatic heterocycles. The van der Waals surface area contributed by atoms with Crippen LogP contribution in [-0.2, 0) is 4.74 Å². The molecular formula is C15H18ClN3O. The van der Waals surface area contributed by atoms with E-state index in [0.29, 0.717) is 11.0 Å². The highest BCUT2D eigenvalue weighted by Crippen LogP contribution is 2.19. The zero-order valence-electron chi connectivity index (χ0n) is 11.5. The van der Waals surface area contributed by atoms with Crippen LogP contribution in [0.1, 0.15) is 12.8 Å². The van der Waals surface area contributed by atoms with Gasteiger partial charge in [-0.25, -0.2) is 9.97 Å². The van der Waals surface area contributed by atoms with E-state index >= 15 is 0 Å². The Morgan fingerprint density at radius 3 is 2.70 bits per heavy atom. The molecule has 0 unspecified atom stereocenters. The number of hydrogen-bond donors (Lipinski definition) is 1. The maximum atomic E-state index is 6.05. The molecule has 0 aliphatic heterocycles. The normalized spacial score (nSPS) is 10.5. The van der Waals surface area contributed by atoms with E-state index in [0.717, 1.165) is 37.4 Å². The molecule has 2 rings (SSSR count). The molecule has 1 heterocycles. The summed E-state index contributed by atoms with van der Waals surface area (Å²) in [4.78, 5) is 8.74. The number of anilines is 1. The van der Waals surface area contributed by atoms with Crippen LogP contribution in [0, 0.1) is 0 Å². The lowest BCUT2D eigenvalue weighted by molar-refractivity contribution is 0.194. The highest BCUT2D eigenvalue weighted by Gasteiger charge is 2.05. The predicted molar refractivity (Wildman–Crippen MR) is 82.1 cm³/mol. The number of hydrogen-bond acceptors (Lipinski definition) is 4. The van der Waals surface area contributed by atoms with Gasteiger partial charge in [-0.15, -0.1) is 0 Å². The Labute approximate surface area is 124 Å². The molecular weight excluding hydrogens is 274 g/mol. The number of aromatic nitrogens is 2. The average molecular weight is 292 g/mol. The van der Waals surface area contributed by atoms with Crippen LogP contribution in [0.5, 0.6) is 0 Å². The minimum absolute atomic E-state index is 0.443. The van der Waals surface area contributed by atoms with E-state index in [1.807, 2.05) is 30.3 Å². The van der Waals surface area contributed by atoms with Gasteiger partial charge in [-0.1, -0.05) is 41.9 Å². The van der Waals surface area contributed by atoms with Gasteiger partial charge in [0.1, 0.15) is 11.0 Å². The highest BCUT2D eigenvalue weighted by atomic mass is 35.5. The Morgan fingerprint density at radius 2 is 1.95 bits per heavy atom. The van der Waals surface area contributed by atoms with E-state index < -0.39 is 0 Å². The minimum Gasteiger partial charge on any atom is -0.385 e. The molecule has 0 atom stereocenters. The third kappa shape index (κ3) is 4.47. The predicted octanol–water partition coefficient (Wildman–Crippen LogP) is 3.64. The van der Waals surface area contributed by atoms with E-state index in [4.69, 9.17) is 16.3 Å². The van der Waals surface area contributed by atoms with Crippen LogP contribution < -0.4 is 5.32 Å². The van der Waals surface area contributed by atoms with Crippen molar-refractivity contribution in [3.63, 3.8) is 0 Å². The summed E-state index contributed by atoms with van der Waals surface area (Å²) in [5.41, 5.74) is 0.956. The van der Waals surface area contributed by atoms with Crippen molar-refractivity contribution in [1.29, 1.82) is 0 Å². The van der Waals surface area contributed by atoms with Crippen molar-refractivity contribution >= 4 is 17.4 Å². The van der Waals surface area contributed by atoms with Crippen LogP contribution in [-0.4, -0.2) is 30.2 Å². The summed E-state index contributed by atoms with van der Waals surface area (Å²) in [6.07, 6.45) is 2.05. The van der Waals surface area contributed by atoms with Gasteiger partial charge in [-0.3, -0.25) is 0 Å². The van der Waals surface area contributed by atoms with E-state index in [-0.39, 0.29) is 0 Å². The number of benzene rings is 1. The summed E-state index contributed by atoms with van der Waals surface area (Å²) in [5, 5.41) is 3.71. The fraction of sp³-hybridized carbons (Fsp3) is 0.333. The second-order valence-electron chi connectivity index (χ2n) is 4.39. The summed E-state index contributed by atoms with van der Waals surface area (Å²) in [6.45, 7) is 1.62. The van der Waals surface area contributed by atoms with Gasteiger partial charge in [0, 0.05) is 31.9 Å². The van der Waals surface area contributed by atoms with Crippen molar-refractivity contribution in [2.45, 2.75) is 12.8 Å². The van der Waals surface area contributed by atoms with Crippen LogP contribution in [0.4, 0.5) is 5.82 Å². The maximum Gasteiger partial charge on any atom is 0.163 e. The number of nitrogens with one attached hydrogen (secondary N) is 1. The number of methoxy groups -OCH3 is 1. The topological polar surface area (TPSA) is 47.0 Å². The van der Waals surface area contributed by atoms with Crippen molar-refractivity contribution in [1.82, 2.24) is 9.97 Å². The van der Waals surface area contributed by atoms with Crippen LogP contribution in [0.2, 0.25) is 5.15 Å². The quantitative estimate of drug-likeness (QED) is 0.625. The molecule has 0 spiro atoms. The molecule has 1 N–H and O–H groups in total. The van der Waals surface area contributed by atoms with E-state index in [1.165, 1.54) is 0 Å². The van der Waals surface area contributed by atoms with Gasteiger partial charge in [0.2, 0.25) is 0 Å². The second kappa shape index (κ2) is 7.82. The summed E-state index contributed by atoms with van der Waals surface area (Å²) >= 11 is 6.05. The first-order chi connectivity index (χ1) is 9.79. The van der Waals surface area contributed by atoms with Gasteiger partial charge < -0.3 is 10.1 Å². The van der Waals surface area contributed by atoms with Crippen molar-refractivity contribution in [3.8, 4) is 11.4 Å². The van der Waals surface area contributed by atoms with Crippen LogP contribution in [0.15, 0.2) is 36.4 Å². The van der Waals surface area contributed by atoms with Gasteiger partial charge in [0.15, 0.2) is 5.82 Å². The molecule has 20 heavy (non-hydrogen) atoms. The smallest absolute Gasteiger partial charge is 0.163 e. The highest BCUT2D eigenvalue weighted by molar-refractivity contribution is 6.29. The Kier molecular flexibility index (Phi) is 5.77. The van der Waals surface area contributed by atoms with Crippen molar-refractivity contribution in [2.24, 2.45) is 0 Å². The maximum absolute atomic E-state index is 6.05. The molecule has 0 amide bonds. The molecule has 0 aliphatic carbocycles. The Bertz CT molecular complexity index is 534. The van der Waals surface area contributed by atoms with Gasteiger partial charge in [-0.2, -0.15) is 0 Å². The van der Waals surface area contributed by atoms with Crippen molar-refractivity contribution < 1.29 is 4.74 Å². The number of unbranched alkanes of at least 4 members (excludes halogenated alkanes) is 1. The molecule has 0 fully saturated rings. The third-order valence-electron chi connectivity index (χ3n) is 2.81. The number of halogens is 1. The molecule has 106 valence electrons. The van der Waals surface area contributed by atoms with Crippen molar-refractivity contribution in [2.75, 3.05) is 25.6 Å².